The molecule has 0 aliphatic heterocycles. The van der Waals surface area contributed by atoms with Gasteiger partial charge in [0.15, 0.2) is 0 Å². The van der Waals surface area contributed by atoms with Crippen LogP contribution in [-0.4, -0.2) is 29.4 Å². The van der Waals surface area contributed by atoms with Gasteiger partial charge in [-0.05, 0) is 43.9 Å². The lowest BCUT2D eigenvalue weighted by molar-refractivity contribution is -0.145. The first-order valence-electron chi connectivity index (χ1n) is 8.83. The zero-order chi connectivity index (χ0) is 16.2. The molecule has 4 atom stereocenters. The highest BCUT2D eigenvalue weighted by molar-refractivity contribution is 5.80. The van der Waals surface area contributed by atoms with Crippen molar-refractivity contribution >= 4 is 5.91 Å². The third kappa shape index (κ3) is 4.00. The van der Waals surface area contributed by atoms with Gasteiger partial charge in [-0.15, -0.1) is 0 Å². The first kappa shape index (κ1) is 18.5. The Labute approximate surface area is 131 Å². The number of nitrogens with zero attached hydrogens (tertiary/aromatic N) is 1. The van der Waals surface area contributed by atoms with Crippen molar-refractivity contribution in [1.82, 2.24) is 4.90 Å². The second-order valence-electron chi connectivity index (χ2n) is 7.55. The standard InChI is InChI=1S/C18H36N2O/c1-7-9-12-20(13(3)8-2)17(21)15-10-11-16(19)14(4)18(15,5)6/h13-16H,7-12,19H2,1-6H3. The van der Waals surface area contributed by atoms with Gasteiger partial charge in [0.1, 0.15) is 0 Å². The van der Waals surface area contributed by atoms with Crippen molar-refractivity contribution in [3.8, 4) is 0 Å². The van der Waals surface area contributed by atoms with Gasteiger partial charge in [-0.1, -0.05) is 41.0 Å². The van der Waals surface area contributed by atoms with Crippen LogP contribution in [0, 0.1) is 17.3 Å². The minimum Gasteiger partial charge on any atom is -0.340 e. The van der Waals surface area contributed by atoms with Crippen molar-refractivity contribution in [2.24, 2.45) is 23.0 Å². The zero-order valence-electron chi connectivity index (χ0n) is 15.0. The van der Waals surface area contributed by atoms with Crippen molar-refractivity contribution < 1.29 is 4.79 Å². The number of unbranched alkanes of at least 4 members (excludes halogenated alkanes) is 1. The minimum atomic E-state index is -0.00727. The molecule has 1 aliphatic rings. The fourth-order valence-corrected chi connectivity index (χ4v) is 3.59. The molecule has 0 aromatic heterocycles. The van der Waals surface area contributed by atoms with Crippen LogP contribution >= 0.6 is 0 Å². The molecule has 1 aliphatic carbocycles. The maximum atomic E-state index is 13.2. The van der Waals surface area contributed by atoms with E-state index < -0.39 is 0 Å². The molecule has 0 aromatic carbocycles. The van der Waals surface area contributed by atoms with E-state index in [9.17, 15) is 4.79 Å². The Bertz CT molecular complexity index is 340. The Morgan fingerprint density at radius 2 is 1.95 bits per heavy atom. The number of rotatable bonds is 6. The summed E-state index contributed by atoms with van der Waals surface area (Å²) < 4.78 is 0. The maximum Gasteiger partial charge on any atom is 0.226 e. The largest absolute Gasteiger partial charge is 0.340 e. The zero-order valence-corrected chi connectivity index (χ0v) is 15.0. The molecule has 0 spiro atoms. The van der Waals surface area contributed by atoms with E-state index in [2.05, 4.69) is 46.4 Å². The normalized spacial score (nSPS) is 30.0. The molecule has 3 heteroatoms. The lowest BCUT2D eigenvalue weighted by Crippen LogP contribution is -2.53. The summed E-state index contributed by atoms with van der Waals surface area (Å²) in [5.41, 5.74) is 6.23. The highest BCUT2D eigenvalue weighted by atomic mass is 16.2. The average Bonchev–Trinajstić information content (AvgIpc) is 2.44. The molecular weight excluding hydrogens is 260 g/mol. The van der Waals surface area contributed by atoms with Crippen LogP contribution in [0.1, 0.15) is 73.6 Å². The summed E-state index contributed by atoms with van der Waals surface area (Å²) in [6.07, 6.45) is 5.17. The van der Waals surface area contributed by atoms with Crippen LogP contribution in [0.15, 0.2) is 0 Å². The van der Waals surface area contributed by atoms with Crippen LogP contribution < -0.4 is 5.73 Å². The van der Waals surface area contributed by atoms with E-state index in [4.69, 9.17) is 5.73 Å². The number of amides is 1. The van der Waals surface area contributed by atoms with Crippen molar-refractivity contribution in [2.75, 3.05) is 6.54 Å². The summed E-state index contributed by atoms with van der Waals surface area (Å²) >= 11 is 0. The van der Waals surface area contributed by atoms with Crippen molar-refractivity contribution in [3.05, 3.63) is 0 Å². The summed E-state index contributed by atoms with van der Waals surface area (Å²) in [7, 11) is 0. The average molecular weight is 296 g/mol. The summed E-state index contributed by atoms with van der Waals surface area (Å²) in [4.78, 5) is 15.3. The van der Waals surface area contributed by atoms with Gasteiger partial charge in [-0.25, -0.2) is 0 Å². The molecule has 1 amide bonds. The van der Waals surface area contributed by atoms with Crippen LogP contribution in [0.5, 0.6) is 0 Å². The SMILES string of the molecule is CCCCN(C(=O)C1CCC(N)C(C)C1(C)C)C(C)CC. The Hall–Kier alpha value is -0.570. The van der Waals surface area contributed by atoms with Crippen LogP contribution in [0.4, 0.5) is 0 Å². The molecule has 1 saturated carbocycles. The van der Waals surface area contributed by atoms with Crippen LogP contribution in [0.2, 0.25) is 0 Å². The monoisotopic (exact) mass is 296 g/mol. The van der Waals surface area contributed by atoms with Gasteiger partial charge in [0.25, 0.3) is 0 Å². The number of carbonyl (C=O) groups is 1. The van der Waals surface area contributed by atoms with E-state index in [1.54, 1.807) is 0 Å². The Morgan fingerprint density at radius 3 is 2.48 bits per heavy atom. The van der Waals surface area contributed by atoms with Crippen LogP contribution in [-0.2, 0) is 4.79 Å². The quantitative estimate of drug-likeness (QED) is 0.810. The molecule has 124 valence electrons. The second-order valence-corrected chi connectivity index (χ2v) is 7.55. The van der Waals surface area contributed by atoms with E-state index in [0.29, 0.717) is 17.9 Å². The highest BCUT2D eigenvalue weighted by Gasteiger charge is 2.46. The molecular formula is C18H36N2O. The molecule has 4 unspecified atom stereocenters. The summed E-state index contributed by atoms with van der Waals surface area (Å²) in [6, 6.07) is 0.572. The van der Waals surface area contributed by atoms with Crippen LogP contribution in [0.3, 0.4) is 0 Å². The Kier molecular flexibility index (Phi) is 6.71. The highest BCUT2D eigenvalue weighted by Crippen LogP contribution is 2.45. The molecule has 21 heavy (non-hydrogen) atoms. The van der Waals surface area contributed by atoms with E-state index >= 15 is 0 Å². The fourth-order valence-electron chi connectivity index (χ4n) is 3.59. The van der Waals surface area contributed by atoms with Crippen LogP contribution in [0.25, 0.3) is 0 Å². The van der Waals surface area contributed by atoms with Gasteiger partial charge in [-0.2, -0.15) is 0 Å². The molecule has 2 N–H and O–H groups in total. The van der Waals surface area contributed by atoms with Gasteiger partial charge < -0.3 is 10.6 Å². The molecule has 0 bridgehead atoms. The van der Waals surface area contributed by atoms with Crippen molar-refractivity contribution in [2.45, 2.75) is 85.7 Å². The number of hydrogen-bond donors (Lipinski definition) is 1. The van der Waals surface area contributed by atoms with E-state index in [-0.39, 0.29) is 17.4 Å². The van der Waals surface area contributed by atoms with Gasteiger partial charge >= 0.3 is 0 Å². The first-order chi connectivity index (χ1) is 9.77. The third-order valence-corrected chi connectivity index (χ3v) is 5.96. The van der Waals surface area contributed by atoms with Gasteiger partial charge in [0.05, 0.1) is 0 Å². The first-order valence-corrected chi connectivity index (χ1v) is 8.83. The Balaban J connectivity index is 2.91. The van der Waals surface area contributed by atoms with Gasteiger partial charge in [-0.3, -0.25) is 4.79 Å². The molecule has 0 radical (unpaired) electrons. The number of nitrogens with two attached hydrogens (primary N) is 1. The third-order valence-electron chi connectivity index (χ3n) is 5.96. The summed E-state index contributed by atoms with van der Waals surface area (Å²) in [5, 5.41) is 0. The second kappa shape index (κ2) is 7.62. The fraction of sp³-hybridized carbons (Fsp3) is 0.944. The smallest absolute Gasteiger partial charge is 0.226 e. The number of carbonyl (C=O) groups excluding carboxylic acids is 1. The lowest BCUT2D eigenvalue weighted by Gasteiger charge is -2.48. The van der Waals surface area contributed by atoms with Crippen molar-refractivity contribution in [3.63, 3.8) is 0 Å². The van der Waals surface area contributed by atoms with E-state index in [1.807, 2.05) is 0 Å². The maximum absolute atomic E-state index is 13.2. The predicted octanol–water partition coefficient (Wildman–Crippen LogP) is 3.81. The minimum absolute atomic E-state index is 0.00727. The van der Waals surface area contributed by atoms with Gasteiger partial charge in [0.2, 0.25) is 5.91 Å². The lowest BCUT2D eigenvalue weighted by atomic mass is 9.60. The molecule has 1 rings (SSSR count). The molecule has 1 fully saturated rings. The number of hydrogen-bond acceptors (Lipinski definition) is 2. The van der Waals surface area contributed by atoms with Gasteiger partial charge in [0, 0.05) is 24.5 Å². The molecule has 3 nitrogen and oxygen atoms in total. The van der Waals surface area contributed by atoms with E-state index in [1.165, 1.54) is 0 Å². The predicted molar refractivity (Wildman–Crippen MR) is 90.0 cm³/mol. The molecule has 0 heterocycles. The molecule has 0 aromatic rings. The topological polar surface area (TPSA) is 46.3 Å². The summed E-state index contributed by atoms with van der Waals surface area (Å²) in [6.45, 7) is 14.1. The van der Waals surface area contributed by atoms with Crippen molar-refractivity contribution in [1.29, 1.82) is 0 Å². The summed E-state index contributed by atoms with van der Waals surface area (Å²) in [5.74, 6) is 0.880. The Morgan fingerprint density at radius 1 is 1.33 bits per heavy atom. The van der Waals surface area contributed by atoms with E-state index in [0.717, 1.165) is 38.6 Å². The molecule has 0 saturated heterocycles.